The number of alkyl halides is 1. The molecular formula is C6H9ClN3O-. The standard InChI is InChI=1S/C6H9ClN3O/c1-4(7)5-3-8-6(9-11)10(5)2/h3-4H,1-2H3,(H-,8,9,11)/q-1. The van der Waals surface area contributed by atoms with Crippen molar-refractivity contribution in [1.82, 2.24) is 9.55 Å². The molecule has 0 saturated carbocycles. The van der Waals surface area contributed by atoms with Gasteiger partial charge in [-0.25, -0.2) is 4.98 Å². The van der Waals surface area contributed by atoms with Crippen LogP contribution in [0.15, 0.2) is 6.20 Å². The molecule has 0 spiro atoms. The minimum Gasteiger partial charge on any atom is -0.759 e. The molecule has 0 aliphatic heterocycles. The Balaban J connectivity index is 3.00. The summed E-state index contributed by atoms with van der Waals surface area (Å²) in [6, 6.07) is 0. The molecule has 1 rings (SSSR count). The van der Waals surface area contributed by atoms with Gasteiger partial charge in [0.2, 0.25) is 0 Å². The molecular weight excluding hydrogens is 166 g/mol. The number of hydrogen-bond donors (Lipinski definition) is 1. The molecule has 1 unspecified atom stereocenters. The van der Waals surface area contributed by atoms with Crippen LogP contribution in [0.25, 0.3) is 0 Å². The molecule has 0 saturated heterocycles. The Labute approximate surface area is 69.8 Å². The first-order valence-corrected chi connectivity index (χ1v) is 3.64. The van der Waals surface area contributed by atoms with Gasteiger partial charge in [-0.3, -0.25) is 0 Å². The first kappa shape index (κ1) is 8.36. The fourth-order valence-electron chi connectivity index (χ4n) is 0.887. The van der Waals surface area contributed by atoms with Crippen molar-refractivity contribution < 1.29 is 0 Å². The van der Waals surface area contributed by atoms with Gasteiger partial charge < -0.3 is 15.3 Å². The Kier molecular flexibility index (Phi) is 2.36. The van der Waals surface area contributed by atoms with Crippen LogP contribution in [0.2, 0.25) is 0 Å². The van der Waals surface area contributed by atoms with Crippen molar-refractivity contribution in [2.75, 3.05) is 5.48 Å². The van der Waals surface area contributed by atoms with Gasteiger partial charge in [-0.2, -0.15) is 0 Å². The van der Waals surface area contributed by atoms with E-state index in [2.05, 4.69) is 4.98 Å². The first-order valence-electron chi connectivity index (χ1n) is 3.20. The van der Waals surface area contributed by atoms with Crippen molar-refractivity contribution in [2.24, 2.45) is 7.05 Å². The van der Waals surface area contributed by atoms with Crippen LogP contribution in [0.4, 0.5) is 5.95 Å². The average Bonchev–Trinajstić information content (AvgIpc) is 2.30. The van der Waals surface area contributed by atoms with Gasteiger partial charge >= 0.3 is 0 Å². The maximum absolute atomic E-state index is 10.2. The minimum atomic E-state index is -0.130. The van der Waals surface area contributed by atoms with Gasteiger partial charge in [0.25, 0.3) is 0 Å². The number of rotatable bonds is 2. The Morgan fingerprint density at radius 2 is 2.45 bits per heavy atom. The summed E-state index contributed by atoms with van der Waals surface area (Å²) in [6.45, 7) is 1.83. The van der Waals surface area contributed by atoms with Gasteiger partial charge in [0.15, 0.2) is 5.95 Å². The second-order valence-corrected chi connectivity index (χ2v) is 2.94. The van der Waals surface area contributed by atoms with Crippen LogP contribution in [0.5, 0.6) is 0 Å². The predicted molar refractivity (Wildman–Crippen MR) is 44.5 cm³/mol. The summed E-state index contributed by atoms with van der Waals surface area (Å²) >= 11 is 5.79. The zero-order valence-electron chi connectivity index (χ0n) is 6.34. The van der Waals surface area contributed by atoms with Crippen LogP contribution in [0, 0.1) is 5.21 Å². The summed E-state index contributed by atoms with van der Waals surface area (Å²) in [5, 5.41) is 10.1. The van der Waals surface area contributed by atoms with E-state index in [1.807, 2.05) is 6.92 Å². The lowest BCUT2D eigenvalue weighted by atomic mass is 10.3. The third-order valence-electron chi connectivity index (χ3n) is 1.52. The Morgan fingerprint density at radius 3 is 2.73 bits per heavy atom. The molecule has 1 heterocycles. The lowest BCUT2D eigenvalue weighted by Gasteiger charge is -2.10. The monoisotopic (exact) mass is 174 g/mol. The van der Waals surface area contributed by atoms with Crippen LogP contribution < -0.4 is 5.48 Å². The molecule has 0 aliphatic carbocycles. The number of nitrogens with zero attached hydrogens (tertiary/aromatic N) is 2. The van der Waals surface area contributed by atoms with E-state index in [1.165, 1.54) is 0 Å². The fraction of sp³-hybridized carbons (Fsp3) is 0.500. The number of imidazole rings is 1. The summed E-state index contributed by atoms with van der Waals surface area (Å²) in [5.74, 6) is 0.285. The van der Waals surface area contributed by atoms with Crippen molar-refractivity contribution >= 4 is 17.5 Å². The third-order valence-corrected chi connectivity index (χ3v) is 1.75. The number of hydrogen-bond acceptors (Lipinski definition) is 3. The van der Waals surface area contributed by atoms with E-state index in [9.17, 15) is 5.21 Å². The summed E-state index contributed by atoms with van der Waals surface area (Å²) in [6.07, 6.45) is 1.58. The molecule has 1 N–H and O–H groups in total. The lowest BCUT2D eigenvalue weighted by Crippen LogP contribution is -2.00. The number of halogens is 1. The SMILES string of the molecule is CC(Cl)c1cnc(N[O-])n1C. The zero-order chi connectivity index (χ0) is 8.43. The van der Waals surface area contributed by atoms with Gasteiger partial charge in [-0.1, -0.05) is 0 Å². The molecule has 0 amide bonds. The number of nitrogens with one attached hydrogen (secondary N) is 1. The van der Waals surface area contributed by atoms with E-state index >= 15 is 0 Å². The van der Waals surface area contributed by atoms with Crippen molar-refractivity contribution in [3.8, 4) is 0 Å². The van der Waals surface area contributed by atoms with Crippen molar-refractivity contribution in [1.29, 1.82) is 0 Å². The van der Waals surface area contributed by atoms with Crippen LogP contribution in [0.3, 0.4) is 0 Å². The van der Waals surface area contributed by atoms with Gasteiger partial charge in [-0.05, 0) is 6.92 Å². The van der Waals surface area contributed by atoms with Gasteiger partial charge in [0.1, 0.15) is 0 Å². The van der Waals surface area contributed by atoms with E-state index in [-0.39, 0.29) is 11.3 Å². The smallest absolute Gasteiger partial charge is 0.191 e. The first-order chi connectivity index (χ1) is 5.16. The Morgan fingerprint density at radius 1 is 1.82 bits per heavy atom. The van der Waals surface area contributed by atoms with Gasteiger partial charge in [0.05, 0.1) is 17.3 Å². The Bertz CT molecular complexity index is 246. The van der Waals surface area contributed by atoms with E-state index in [1.54, 1.807) is 23.3 Å². The molecule has 5 heteroatoms. The van der Waals surface area contributed by atoms with Gasteiger partial charge in [0, 0.05) is 7.05 Å². The Hall–Kier alpha value is -0.740. The summed E-state index contributed by atoms with van der Waals surface area (Å²) < 4.78 is 1.63. The van der Waals surface area contributed by atoms with Crippen LogP contribution in [0.1, 0.15) is 18.0 Å². The fourth-order valence-corrected chi connectivity index (χ4v) is 1.09. The van der Waals surface area contributed by atoms with E-state index in [0.29, 0.717) is 0 Å². The molecule has 0 bridgehead atoms. The van der Waals surface area contributed by atoms with Gasteiger partial charge in [-0.15, -0.1) is 11.6 Å². The molecule has 11 heavy (non-hydrogen) atoms. The quantitative estimate of drug-likeness (QED) is 0.548. The second-order valence-electron chi connectivity index (χ2n) is 2.28. The number of anilines is 1. The zero-order valence-corrected chi connectivity index (χ0v) is 7.09. The van der Waals surface area contributed by atoms with E-state index in [4.69, 9.17) is 11.6 Å². The highest BCUT2D eigenvalue weighted by Gasteiger charge is 2.07. The summed E-state index contributed by atoms with van der Waals surface area (Å²) in [7, 11) is 1.74. The predicted octanol–water partition coefficient (Wildman–Crippen LogP) is 1.63. The maximum atomic E-state index is 10.2. The molecule has 62 valence electrons. The number of aromatic nitrogens is 2. The molecule has 1 aromatic heterocycles. The minimum absolute atomic E-state index is 0.130. The average molecular weight is 175 g/mol. The molecule has 4 nitrogen and oxygen atoms in total. The highest BCUT2D eigenvalue weighted by Crippen LogP contribution is 2.20. The van der Waals surface area contributed by atoms with Crippen molar-refractivity contribution in [2.45, 2.75) is 12.3 Å². The normalized spacial score (nSPS) is 13.1. The van der Waals surface area contributed by atoms with E-state index in [0.717, 1.165) is 5.69 Å². The van der Waals surface area contributed by atoms with Crippen molar-refractivity contribution in [3.63, 3.8) is 0 Å². The highest BCUT2D eigenvalue weighted by molar-refractivity contribution is 6.20. The summed E-state index contributed by atoms with van der Waals surface area (Å²) in [5.41, 5.74) is 2.54. The molecule has 0 aromatic carbocycles. The molecule has 1 aromatic rings. The largest absolute Gasteiger partial charge is 0.759 e. The highest BCUT2D eigenvalue weighted by atomic mass is 35.5. The lowest BCUT2D eigenvalue weighted by molar-refractivity contribution is 0.828. The van der Waals surface area contributed by atoms with E-state index < -0.39 is 0 Å². The third kappa shape index (κ3) is 1.46. The topological polar surface area (TPSA) is 52.9 Å². The van der Waals surface area contributed by atoms with Crippen LogP contribution >= 0.6 is 11.6 Å². The molecule has 0 radical (unpaired) electrons. The van der Waals surface area contributed by atoms with Crippen LogP contribution in [-0.2, 0) is 7.05 Å². The van der Waals surface area contributed by atoms with Crippen LogP contribution in [-0.4, -0.2) is 9.55 Å². The second kappa shape index (κ2) is 3.11. The van der Waals surface area contributed by atoms with Crippen molar-refractivity contribution in [3.05, 3.63) is 17.1 Å². The maximum Gasteiger partial charge on any atom is 0.191 e. The molecule has 0 aliphatic rings. The molecule has 1 atom stereocenters. The summed E-state index contributed by atoms with van der Waals surface area (Å²) in [4.78, 5) is 3.81. The molecule has 0 fully saturated rings.